The third kappa shape index (κ3) is 44.7. The van der Waals surface area contributed by atoms with E-state index in [4.69, 9.17) is 0 Å². The summed E-state index contributed by atoms with van der Waals surface area (Å²) in [6.45, 7) is 26.5. The minimum Gasteiger partial charge on any atom is -0.349 e. The Morgan fingerprint density at radius 2 is 0.437 bits per heavy atom. The minimum atomic E-state index is -1.18. The summed E-state index contributed by atoms with van der Waals surface area (Å²) < 4.78 is 0. The lowest BCUT2D eigenvalue weighted by Gasteiger charge is -2.47. The zero-order valence-corrected chi connectivity index (χ0v) is 67.3. The van der Waals surface area contributed by atoms with E-state index in [1.807, 2.05) is 4.90 Å². The number of carbonyl (C=O) groups is 15. The Hall–Kier alpha value is -9.25. The summed E-state index contributed by atoms with van der Waals surface area (Å²) in [6, 6.07) is 0. The fourth-order valence-corrected chi connectivity index (χ4v) is 9.12. The molecule has 103 heavy (non-hydrogen) atoms. The fraction of sp³-hybridized carbons (Fsp3) is 0.658. The molecule has 0 aliphatic heterocycles. The molecule has 15 amide bonds. The molecule has 0 aromatic heterocycles. The maximum Gasteiger partial charge on any atom is 0.247 e. The smallest absolute Gasteiger partial charge is 0.247 e. The molecular weight excluding hydrogens is 1330 g/mol. The van der Waals surface area contributed by atoms with E-state index in [1.54, 1.807) is 183 Å². The predicted octanol–water partition coefficient (Wildman–Crippen LogP) is 2.91. The van der Waals surface area contributed by atoms with Crippen LogP contribution in [0.15, 0.2) is 63.3 Å². The number of hydrogen-bond acceptors (Lipinski definition) is 15. The molecule has 0 saturated carbocycles. The molecule has 0 aliphatic carbocycles. The van der Waals surface area contributed by atoms with Gasteiger partial charge in [-0.1, -0.05) is 45.7 Å². The first kappa shape index (κ1) is 102. The maximum absolute atomic E-state index is 12.4. The van der Waals surface area contributed by atoms with Crippen molar-refractivity contribution in [2.45, 2.75) is 129 Å². The fourth-order valence-electron chi connectivity index (χ4n) is 9.12. The van der Waals surface area contributed by atoms with E-state index < -0.39 is 22.9 Å². The SMILES string of the molecule is C=CC(=O)N(C(C)(C)C(=O)N(C)C)C(C)(C)C(=O)N(C)C.C=CC(=O)N(CC(=O)N(C)C)CC(=O)N(C)C.C=CC(=O)N(CCC(=O)N(C)C)CCC(=O)N(C)C.C=CC(=O)N(CCCC(=O)N(C)C)CCCC(=O)N(C)C.C=CC(=O)N(CCCCCC(=O)N(C)C)CCCCCC(=O)N(C)C. The van der Waals surface area contributed by atoms with Gasteiger partial charge in [0.05, 0.1) is 0 Å². The molecule has 30 heteroatoms. The molecular formula is C73H131N15O15. The van der Waals surface area contributed by atoms with Gasteiger partial charge in [0.1, 0.15) is 24.2 Å². The van der Waals surface area contributed by atoms with Gasteiger partial charge in [0.15, 0.2) is 0 Å². The van der Waals surface area contributed by atoms with Gasteiger partial charge in [0, 0.05) is 219 Å². The molecule has 0 aliphatic rings. The van der Waals surface area contributed by atoms with Crippen molar-refractivity contribution in [3.63, 3.8) is 0 Å². The number of carbonyl (C=O) groups excluding carboxylic acids is 15. The number of hydrogen-bond donors (Lipinski definition) is 0. The zero-order chi connectivity index (χ0) is 81.4. The molecule has 0 unspecified atom stereocenters. The van der Waals surface area contributed by atoms with Crippen LogP contribution < -0.4 is 0 Å². The van der Waals surface area contributed by atoms with Gasteiger partial charge in [-0.15, -0.1) is 0 Å². The molecule has 0 radical (unpaired) electrons. The average molecular weight is 1460 g/mol. The summed E-state index contributed by atoms with van der Waals surface area (Å²) >= 11 is 0. The van der Waals surface area contributed by atoms with Gasteiger partial charge in [-0.05, 0) is 96.6 Å². The second-order valence-corrected chi connectivity index (χ2v) is 27.0. The van der Waals surface area contributed by atoms with Gasteiger partial charge in [0.25, 0.3) is 0 Å². The van der Waals surface area contributed by atoms with Crippen molar-refractivity contribution in [3.8, 4) is 0 Å². The van der Waals surface area contributed by atoms with E-state index in [0.717, 1.165) is 55.6 Å². The first-order chi connectivity index (χ1) is 47.5. The summed E-state index contributed by atoms with van der Waals surface area (Å²) in [7, 11) is 33.4. The van der Waals surface area contributed by atoms with Crippen LogP contribution in [0.4, 0.5) is 0 Å². The molecule has 0 aromatic carbocycles. The van der Waals surface area contributed by atoms with Gasteiger partial charge in [0.2, 0.25) is 88.6 Å². The van der Waals surface area contributed by atoms with E-state index in [9.17, 15) is 71.9 Å². The standard InChI is InChI=1S/C19H35N3O3.2C15H27N3O3.C13H23N3O3.C11H19N3O3/c1-6-17(23)22(15-11-7-9-13-18(24)20(2)3)16-12-8-10-14-19(25)21(4)5;1-10-11(19)18(14(2,3)12(20)16(6)7)15(4,5)13(21)17(8)9;1-6-13(19)18(11-7-9-14(20)16(2)3)12-8-10-15(21)17(4)5;1-6-11(17)16(9-7-12(18)14(2)3)10-8-13(19)15(4)5;1-6-9(15)14(7-10(16)12(2)3)8-11(17)13(4)5/h6H,1,7-16H2,2-5H3;10H,1H2,2-9H3;6H,1,7-12H2,2-5H3;6H,1,7-10H2,2-5H3;6H,1,7-8H2,2-5H3. The largest absolute Gasteiger partial charge is 0.349 e. The molecule has 0 bridgehead atoms. The third-order valence-corrected chi connectivity index (χ3v) is 15.4. The first-order valence-corrected chi connectivity index (χ1v) is 34.2. The highest BCUT2D eigenvalue weighted by molar-refractivity contribution is 6.00. The van der Waals surface area contributed by atoms with Crippen LogP contribution in [-0.2, 0) is 71.9 Å². The molecule has 0 spiro atoms. The Labute approximate surface area is 616 Å². The van der Waals surface area contributed by atoms with Crippen molar-refractivity contribution in [2.75, 3.05) is 193 Å². The second-order valence-electron chi connectivity index (χ2n) is 27.0. The summed E-state index contributed by atoms with van der Waals surface area (Å²) in [5.74, 6) is -2.12. The van der Waals surface area contributed by atoms with E-state index >= 15 is 0 Å². The van der Waals surface area contributed by atoms with Crippen molar-refractivity contribution in [2.24, 2.45) is 0 Å². The highest BCUT2D eigenvalue weighted by Crippen LogP contribution is 2.29. The van der Waals surface area contributed by atoms with Crippen LogP contribution in [0.2, 0.25) is 0 Å². The van der Waals surface area contributed by atoms with E-state index in [0.29, 0.717) is 77.8 Å². The molecule has 0 heterocycles. The number of nitrogens with zero attached hydrogens (tertiary/aromatic N) is 15. The topological polar surface area (TPSA) is 305 Å². The predicted molar refractivity (Wildman–Crippen MR) is 404 cm³/mol. The van der Waals surface area contributed by atoms with Crippen LogP contribution in [0.5, 0.6) is 0 Å². The van der Waals surface area contributed by atoms with Crippen LogP contribution >= 0.6 is 0 Å². The Kier molecular flexibility index (Phi) is 54.1. The Bertz CT molecular complexity index is 2660. The van der Waals surface area contributed by atoms with Gasteiger partial charge in [-0.2, -0.15) is 0 Å². The van der Waals surface area contributed by atoms with Crippen molar-refractivity contribution in [3.05, 3.63) is 63.3 Å². The highest BCUT2D eigenvalue weighted by atomic mass is 16.2. The minimum absolute atomic E-state index is 0.0452. The number of rotatable bonds is 39. The second kappa shape index (κ2) is 54.4. The molecule has 0 N–H and O–H groups in total. The Morgan fingerprint density at radius 1 is 0.233 bits per heavy atom. The zero-order valence-electron chi connectivity index (χ0n) is 67.3. The average Bonchev–Trinajstić information content (AvgIpc) is 0.764. The summed E-state index contributed by atoms with van der Waals surface area (Å²) in [5.41, 5.74) is -2.35. The normalized spacial score (nSPS) is 10.2. The van der Waals surface area contributed by atoms with Gasteiger partial charge < -0.3 is 73.5 Å². The Balaban J connectivity index is -0.000000391. The van der Waals surface area contributed by atoms with Crippen molar-refractivity contribution in [1.82, 2.24) is 73.5 Å². The summed E-state index contributed by atoms with van der Waals surface area (Å²) in [6.07, 6.45) is 15.0. The quantitative estimate of drug-likeness (QED) is 0.0631. The molecule has 0 saturated heterocycles. The molecule has 0 fully saturated rings. The maximum atomic E-state index is 12.4. The molecule has 30 nitrogen and oxygen atoms in total. The number of likely N-dealkylation sites (N-methyl/N-ethyl adjacent to an activating group) is 4. The number of amides is 15. The van der Waals surface area contributed by atoms with E-state index in [-0.39, 0.29) is 103 Å². The molecule has 0 atom stereocenters. The lowest BCUT2D eigenvalue weighted by Crippen LogP contribution is -2.67. The van der Waals surface area contributed by atoms with Gasteiger partial charge in [-0.3, -0.25) is 71.9 Å². The van der Waals surface area contributed by atoms with Crippen LogP contribution in [0.25, 0.3) is 0 Å². The Morgan fingerprint density at radius 3 is 0.660 bits per heavy atom. The first-order valence-electron chi connectivity index (χ1n) is 34.2. The van der Waals surface area contributed by atoms with Crippen molar-refractivity contribution in [1.29, 1.82) is 0 Å². The number of unbranched alkanes of at least 4 members (excludes halogenated alkanes) is 4. The van der Waals surface area contributed by atoms with Gasteiger partial charge in [-0.25, -0.2) is 0 Å². The lowest BCUT2D eigenvalue weighted by molar-refractivity contribution is -0.162. The van der Waals surface area contributed by atoms with Gasteiger partial charge >= 0.3 is 0 Å². The molecule has 0 aromatic rings. The van der Waals surface area contributed by atoms with Crippen LogP contribution in [-0.4, -0.2) is 366 Å². The third-order valence-electron chi connectivity index (χ3n) is 15.4. The van der Waals surface area contributed by atoms with Crippen LogP contribution in [0.1, 0.15) is 118 Å². The highest BCUT2D eigenvalue weighted by Gasteiger charge is 2.49. The van der Waals surface area contributed by atoms with E-state index in [2.05, 4.69) is 32.9 Å². The van der Waals surface area contributed by atoms with Crippen molar-refractivity contribution < 1.29 is 71.9 Å². The monoisotopic (exact) mass is 1460 g/mol. The molecule has 0 rings (SSSR count). The van der Waals surface area contributed by atoms with Crippen LogP contribution in [0.3, 0.4) is 0 Å². The summed E-state index contributed by atoms with van der Waals surface area (Å²) in [4.78, 5) is 198. The van der Waals surface area contributed by atoms with E-state index in [1.165, 1.54) is 67.2 Å². The lowest BCUT2D eigenvalue weighted by atomic mass is 9.90. The summed E-state index contributed by atoms with van der Waals surface area (Å²) in [5, 5.41) is 0. The molecule has 588 valence electrons. The van der Waals surface area contributed by atoms with Crippen molar-refractivity contribution >= 4 is 88.6 Å². The van der Waals surface area contributed by atoms with Crippen LogP contribution in [0, 0.1) is 0 Å².